The van der Waals surface area contributed by atoms with Crippen molar-refractivity contribution in [1.29, 1.82) is 0 Å². The van der Waals surface area contributed by atoms with Gasteiger partial charge in [0.05, 0.1) is 25.4 Å². The third kappa shape index (κ3) is 3.95. The first kappa shape index (κ1) is 17.0. The smallest absolute Gasteiger partial charge is 0.251 e. The average molecular weight is 350 g/mol. The van der Waals surface area contributed by atoms with Gasteiger partial charge in [0.25, 0.3) is 5.91 Å². The van der Waals surface area contributed by atoms with Crippen LogP contribution in [-0.2, 0) is 16.0 Å². The van der Waals surface area contributed by atoms with Crippen LogP contribution in [0, 0.1) is 0 Å². The van der Waals surface area contributed by atoms with Crippen LogP contribution in [0.25, 0.3) is 0 Å². The molecule has 3 rings (SSSR count). The zero-order chi connectivity index (χ0) is 16.9. The Balaban J connectivity index is 1.65. The minimum atomic E-state index is -0.183. The second-order valence-electron chi connectivity index (χ2n) is 5.70. The lowest BCUT2D eigenvalue weighted by Crippen LogP contribution is -2.36. The summed E-state index contributed by atoms with van der Waals surface area (Å²) < 4.78 is 12.7. The van der Waals surface area contributed by atoms with Crippen molar-refractivity contribution in [3.8, 4) is 0 Å². The summed E-state index contributed by atoms with van der Waals surface area (Å²) in [7, 11) is 1.66. The maximum atomic E-state index is 12.4. The summed E-state index contributed by atoms with van der Waals surface area (Å²) in [4.78, 5) is 12.4. The van der Waals surface area contributed by atoms with Crippen molar-refractivity contribution in [1.82, 2.24) is 15.1 Å². The Morgan fingerprint density at radius 3 is 3.00 bits per heavy atom. The summed E-state index contributed by atoms with van der Waals surface area (Å²) in [5, 5.41) is 7.96. The molecule has 0 unspecified atom stereocenters. The second-order valence-corrected chi connectivity index (χ2v) is 6.13. The average Bonchev–Trinajstić information content (AvgIpc) is 3.22. The molecule has 0 aliphatic carbocycles. The molecular weight excluding hydrogens is 330 g/mol. The summed E-state index contributed by atoms with van der Waals surface area (Å²) in [6.45, 7) is 1.90. The number of ether oxygens (including phenoxy) is 2. The van der Waals surface area contributed by atoms with Crippen molar-refractivity contribution in [3.05, 3.63) is 52.8 Å². The fourth-order valence-electron chi connectivity index (χ4n) is 2.75. The Hall–Kier alpha value is -1.89. The van der Waals surface area contributed by atoms with Crippen molar-refractivity contribution in [2.75, 3.05) is 20.3 Å². The number of nitrogens with one attached hydrogen (secondary N) is 1. The van der Waals surface area contributed by atoms with E-state index in [0.29, 0.717) is 30.3 Å². The number of hydrogen-bond donors (Lipinski definition) is 1. The van der Waals surface area contributed by atoms with E-state index in [9.17, 15) is 4.79 Å². The van der Waals surface area contributed by atoms with Gasteiger partial charge in [-0.2, -0.15) is 5.10 Å². The molecule has 1 amide bonds. The Labute approximate surface area is 145 Å². The lowest BCUT2D eigenvalue weighted by atomic mass is 10.0. The van der Waals surface area contributed by atoms with E-state index in [2.05, 4.69) is 10.4 Å². The normalized spacial score (nSPS) is 20.2. The molecule has 0 radical (unpaired) electrons. The molecule has 2 heterocycles. The Kier molecular flexibility index (Phi) is 5.50. The van der Waals surface area contributed by atoms with Crippen LogP contribution in [0.3, 0.4) is 0 Å². The molecule has 1 aromatic carbocycles. The number of nitrogens with zero attached hydrogens (tertiary/aromatic N) is 2. The topological polar surface area (TPSA) is 65.4 Å². The third-order valence-electron chi connectivity index (χ3n) is 4.02. The lowest BCUT2D eigenvalue weighted by molar-refractivity contribution is 0.0821. The van der Waals surface area contributed by atoms with E-state index in [0.717, 1.165) is 12.0 Å². The number of rotatable bonds is 6. The molecule has 24 heavy (non-hydrogen) atoms. The molecule has 0 spiro atoms. The maximum absolute atomic E-state index is 12.4. The molecule has 0 saturated carbocycles. The molecular formula is C17H20ClN3O3. The van der Waals surface area contributed by atoms with Crippen LogP contribution in [0.4, 0.5) is 0 Å². The van der Waals surface area contributed by atoms with E-state index < -0.39 is 0 Å². The van der Waals surface area contributed by atoms with Gasteiger partial charge in [-0.15, -0.1) is 0 Å². The fraction of sp³-hybridized carbons (Fsp3) is 0.412. The second kappa shape index (κ2) is 7.79. The molecule has 1 N–H and O–H groups in total. The van der Waals surface area contributed by atoms with Gasteiger partial charge >= 0.3 is 0 Å². The van der Waals surface area contributed by atoms with Gasteiger partial charge in [-0.1, -0.05) is 11.6 Å². The van der Waals surface area contributed by atoms with Crippen molar-refractivity contribution < 1.29 is 14.3 Å². The summed E-state index contributed by atoms with van der Waals surface area (Å²) in [6, 6.07) is 6.77. The minimum absolute atomic E-state index is 0.0757. The molecule has 1 aliphatic rings. The molecule has 7 heteroatoms. The number of hydrogen-bond acceptors (Lipinski definition) is 4. The molecule has 2 aromatic rings. The highest BCUT2D eigenvalue weighted by Crippen LogP contribution is 2.29. The summed E-state index contributed by atoms with van der Waals surface area (Å²) in [5.74, 6) is -0.126. The van der Waals surface area contributed by atoms with Gasteiger partial charge in [0.1, 0.15) is 6.10 Å². The van der Waals surface area contributed by atoms with Crippen LogP contribution in [0.5, 0.6) is 0 Å². The maximum Gasteiger partial charge on any atom is 0.251 e. The number of methoxy groups -OCH3 is 1. The first-order valence-corrected chi connectivity index (χ1v) is 8.24. The van der Waals surface area contributed by atoms with E-state index in [1.54, 1.807) is 37.6 Å². The number of amides is 1. The molecule has 1 saturated heterocycles. The van der Waals surface area contributed by atoms with Crippen molar-refractivity contribution in [2.45, 2.75) is 25.1 Å². The number of benzene rings is 1. The van der Waals surface area contributed by atoms with E-state index in [-0.39, 0.29) is 18.1 Å². The molecule has 1 fully saturated rings. The van der Waals surface area contributed by atoms with Crippen molar-refractivity contribution in [2.24, 2.45) is 0 Å². The Morgan fingerprint density at radius 2 is 2.25 bits per heavy atom. The Bertz CT molecular complexity index is 687. The first-order chi connectivity index (χ1) is 11.7. The van der Waals surface area contributed by atoms with Crippen LogP contribution >= 0.6 is 11.6 Å². The van der Waals surface area contributed by atoms with Crippen LogP contribution < -0.4 is 5.32 Å². The molecule has 1 aliphatic heterocycles. The quantitative estimate of drug-likeness (QED) is 0.870. The predicted molar refractivity (Wildman–Crippen MR) is 90.1 cm³/mol. The van der Waals surface area contributed by atoms with Gasteiger partial charge in [-0.25, -0.2) is 0 Å². The van der Waals surface area contributed by atoms with Crippen LogP contribution in [0.1, 0.15) is 28.4 Å². The molecule has 128 valence electrons. The van der Waals surface area contributed by atoms with Crippen molar-refractivity contribution in [3.63, 3.8) is 0 Å². The Morgan fingerprint density at radius 1 is 1.46 bits per heavy atom. The highest BCUT2D eigenvalue weighted by Gasteiger charge is 2.32. The van der Waals surface area contributed by atoms with Gasteiger partial charge in [-0.3, -0.25) is 9.48 Å². The highest BCUT2D eigenvalue weighted by atomic mass is 35.5. The van der Waals surface area contributed by atoms with Crippen molar-refractivity contribution >= 4 is 17.5 Å². The van der Waals surface area contributed by atoms with Crippen LogP contribution in [0.2, 0.25) is 5.02 Å². The summed E-state index contributed by atoms with van der Waals surface area (Å²) >= 11 is 5.86. The standard InChI is InChI=1S/C17H20ClN3O3/c1-23-9-7-21-11-13(10-19-21)16-15(6-8-24-16)20-17(22)12-2-4-14(18)5-3-12/h2-5,10-11,15-16H,6-9H2,1H3,(H,20,22)/t15-,16+/m1/s1. The number of halogens is 1. The van der Waals surface area contributed by atoms with E-state index in [1.807, 2.05) is 10.9 Å². The zero-order valence-electron chi connectivity index (χ0n) is 13.4. The van der Waals surface area contributed by atoms with Gasteiger partial charge in [0.15, 0.2) is 0 Å². The molecule has 2 atom stereocenters. The van der Waals surface area contributed by atoms with Crippen LogP contribution in [-0.4, -0.2) is 42.1 Å². The van der Waals surface area contributed by atoms with Gasteiger partial charge in [0.2, 0.25) is 0 Å². The fourth-order valence-corrected chi connectivity index (χ4v) is 2.88. The minimum Gasteiger partial charge on any atom is -0.383 e. The number of carbonyl (C=O) groups is 1. The lowest BCUT2D eigenvalue weighted by Gasteiger charge is -2.18. The third-order valence-corrected chi connectivity index (χ3v) is 4.27. The van der Waals surface area contributed by atoms with E-state index in [4.69, 9.17) is 21.1 Å². The van der Waals surface area contributed by atoms with Gasteiger partial charge in [0, 0.05) is 36.1 Å². The SMILES string of the molecule is COCCn1cc([C@@H]2OCC[C@H]2NC(=O)c2ccc(Cl)cc2)cn1. The van der Waals surface area contributed by atoms with Crippen LogP contribution in [0.15, 0.2) is 36.7 Å². The summed E-state index contributed by atoms with van der Waals surface area (Å²) in [6.07, 6.45) is 4.31. The molecule has 1 aromatic heterocycles. The zero-order valence-corrected chi connectivity index (χ0v) is 14.2. The van der Waals surface area contributed by atoms with E-state index in [1.165, 1.54) is 0 Å². The largest absolute Gasteiger partial charge is 0.383 e. The van der Waals surface area contributed by atoms with E-state index >= 15 is 0 Å². The monoisotopic (exact) mass is 349 g/mol. The number of aromatic nitrogens is 2. The number of carbonyl (C=O) groups excluding carboxylic acids is 1. The molecule has 0 bridgehead atoms. The predicted octanol–water partition coefficient (Wildman–Crippen LogP) is 2.44. The van der Waals surface area contributed by atoms with Gasteiger partial charge < -0.3 is 14.8 Å². The first-order valence-electron chi connectivity index (χ1n) is 7.86. The molecule has 6 nitrogen and oxygen atoms in total. The van der Waals surface area contributed by atoms with Gasteiger partial charge in [-0.05, 0) is 30.7 Å². The summed E-state index contributed by atoms with van der Waals surface area (Å²) in [5.41, 5.74) is 1.55. The highest BCUT2D eigenvalue weighted by molar-refractivity contribution is 6.30.